The predicted octanol–water partition coefficient (Wildman–Crippen LogP) is 0.286. The van der Waals surface area contributed by atoms with Crippen LogP contribution in [0.15, 0.2) is 4.79 Å². The van der Waals surface area contributed by atoms with E-state index in [9.17, 15) is 37.3 Å². The van der Waals surface area contributed by atoms with Gasteiger partial charge < -0.3 is 34.4 Å². The second kappa shape index (κ2) is 9.52. The highest BCUT2D eigenvalue weighted by molar-refractivity contribution is 7.66. The zero-order valence-corrected chi connectivity index (χ0v) is 18.4. The van der Waals surface area contributed by atoms with Crippen LogP contribution in [0.2, 0.25) is 0 Å². The summed E-state index contributed by atoms with van der Waals surface area (Å²) >= 11 is 0. The SMILES string of the molecule is C#Cc1[nH]c(=O)c(C)c(F)c1[C@@H]1O[C@H](COP(=O)(O)OP(=O)(O)OP(=O)(O)O)C(O)[C@@H]1F. The Morgan fingerprint density at radius 2 is 1.78 bits per heavy atom. The van der Waals surface area contributed by atoms with Crippen molar-refractivity contribution in [3.63, 3.8) is 0 Å². The zero-order valence-electron chi connectivity index (χ0n) is 15.7. The number of alkyl halides is 1. The van der Waals surface area contributed by atoms with Crippen LogP contribution in [0.4, 0.5) is 8.78 Å². The van der Waals surface area contributed by atoms with Gasteiger partial charge in [-0.2, -0.15) is 8.62 Å². The molecule has 0 saturated carbocycles. The molecule has 19 heteroatoms. The van der Waals surface area contributed by atoms with E-state index in [-0.39, 0.29) is 0 Å². The molecule has 1 fully saturated rings. The molecule has 6 N–H and O–H groups in total. The van der Waals surface area contributed by atoms with Gasteiger partial charge in [-0.25, -0.2) is 22.5 Å². The average molecular weight is 525 g/mol. The number of ether oxygens (including phenoxy) is 1. The molecule has 180 valence electrons. The Morgan fingerprint density at radius 3 is 2.31 bits per heavy atom. The number of halogens is 2. The van der Waals surface area contributed by atoms with E-state index in [2.05, 4.69) is 18.1 Å². The third-order valence-electron chi connectivity index (χ3n) is 3.98. The quantitative estimate of drug-likeness (QED) is 0.199. The van der Waals surface area contributed by atoms with Gasteiger partial charge in [-0.1, -0.05) is 5.92 Å². The second-order valence-corrected chi connectivity index (χ2v) is 10.7. The maximum atomic E-state index is 14.6. The Morgan fingerprint density at radius 1 is 1.19 bits per heavy atom. The fourth-order valence-corrected chi connectivity index (χ4v) is 5.66. The smallest absolute Gasteiger partial charge is 0.387 e. The summed E-state index contributed by atoms with van der Waals surface area (Å²) in [5.74, 6) is 0.723. The number of aliphatic hydroxyl groups is 1. The Labute approximate surface area is 177 Å². The molecule has 0 radical (unpaired) electrons. The molecule has 0 aliphatic carbocycles. The number of H-pyrrole nitrogens is 1. The Balaban J connectivity index is 2.19. The molecule has 1 aromatic rings. The van der Waals surface area contributed by atoms with Crippen LogP contribution in [0, 0.1) is 25.1 Å². The molecule has 0 aromatic carbocycles. The van der Waals surface area contributed by atoms with Gasteiger partial charge in [-0.05, 0) is 6.92 Å². The molecular formula is C13H16F2NO13P3. The van der Waals surface area contributed by atoms with Gasteiger partial charge in [0.1, 0.15) is 29.8 Å². The maximum absolute atomic E-state index is 14.6. The van der Waals surface area contributed by atoms with Crippen molar-refractivity contribution >= 4 is 23.5 Å². The van der Waals surface area contributed by atoms with Crippen molar-refractivity contribution in [2.75, 3.05) is 6.61 Å². The summed E-state index contributed by atoms with van der Waals surface area (Å²) in [4.78, 5) is 49.2. The Kier molecular flexibility index (Phi) is 8.01. The minimum atomic E-state index is -5.80. The number of rotatable bonds is 8. The van der Waals surface area contributed by atoms with Crippen LogP contribution in [0.5, 0.6) is 0 Å². The third-order valence-corrected chi connectivity index (χ3v) is 7.78. The first-order valence-electron chi connectivity index (χ1n) is 8.13. The van der Waals surface area contributed by atoms with Crippen LogP contribution < -0.4 is 5.56 Å². The number of aromatic nitrogens is 1. The molecule has 1 aromatic heterocycles. The maximum Gasteiger partial charge on any atom is 0.490 e. The van der Waals surface area contributed by atoms with Crippen molar-refractivity contribution in [1.29, 1.82) is 0 Å². The number of phosphoric ester groups is 1. The lowest BCUT2D eigenvalue weighted by molar-refractivity contribution is -0.0231. The summed E-state index contributed by atoms with van der Waals surface area (Å²) in [6, 6.07) is 0. The fraction of sp³-hybridized carbons (Fsp3) is 0.462. The molecule has 1 saturated heterocycles. The molecule has 3 unspecified atom stereocenters. The average Bonchev–Trinajstić information content (AvgIpc) is 2.89. The molecule has 1 aliphatic rings. The van der Waals surface area contributed by atoms with Crippen molar-refractivity contribution in [3.05, 3.63) is 33.0 Å². The summed E-state index contributed by atoms with van der Waals surface area (Å²) in [5.41, 5.74) is -2.44. The van der Waals surface area contributed by atoms with Crippen LogP contribution in [0.1, 0.15) is 22.9 Å². The standard InChI is InChI=1S/C13H16F2NO13P3/c1-3-6-8(9(14)5(2)13(18)16-6)12-10(15)11(17)7(27-12)4-26-31(22,23)29-32(24,25)28-30(19,20)21/h1,7,10-12,17H,4H2,2H3,(H,16,18)(H,22,23)(H,24,25)(H2,19,20,21)/t7-,10+,11?,12+/m1/s1. The number of hydrogen-bond donors (Lipinski definition) is 6. The molecule has 6 atom stereocenters. The monoisotopic (exact) mass is 525 g/mol. The molecule has 0 spiro atoms. The van der Waals surface area contributed by atoms with Crippen molar-refractivity contribution in [2.24, 2.45) is 0 Å². The normalized spacial score (nSPS) is 27.5. The van der Waals surface area contributed by atoms with E-state index in [1.165, 1.54) is 0 Å². The fourth-order valence-electron chi connectivity index (χ4n) is 2.63. The third kappa shape index (κ3) is 6.39. The van der Waals surface area contributed by atoms with Gasteiger partial charge in [0, 0.05) is 0 Å². The number of aromatic amines is 1. The van der Waals surface area contributed by atoms with Gasteiger partial charge >= 0.3 is 23.5 Å². The zero-order chi connectivity index (χ0) is 24.6. The van der Waals surface area contributed by atoms with Gasteiger partial charge in [0.25, 0.3) is 5.56 Å². The second-order valence-electron chi connectivity index (χ2n) is 6.24. The van der Waals surface area contributed by atoms with Crippen molar-refractivity contribution in [1.82, 2.24) is 4.98 Å². The molecule has 14 nitrogen and oxygen atoms in total. The van der Waals surface area contributed by atoms with E-state index in [4.69, 9.17) is 25.8 Å². The largest absolute Gasteiger partial charge is 0.490 e. The Hall–Kier alpha value is -1.30. The number of nitrogens with one attached hydrogen (secondary N) is 1. The van der Waals surface area contributed by atoms with Crippen molar-refractivity contribution < 1.29 is 65.0 Å². The van der Waals surface area contributed by atoms with E-state index in [0.29, 0.717) is 0 Å². The van der Waals surface area contributed by atoms with Gasteiger partial charge in [-0.3, -0.25) is 9.32 Å². The molecule has 32 heavy (non-hydrogen) atoms. The highest BCUT2D eigenvalue weighted by Gasteiger charge is 2.48. The van der Waals surface area contributed by atoms with E-state index in [0.717, 1.165) is 6.92 Å². The summed E-state index contributed by atoms with van der Waals surface area (Å²) < 4.78 is 79.2. The molecule has 0 bridgehead atoms. The van der Waals surface area contributed by atoms with Crippen LogP contribution >= 0.6 is 23.5 Å². The highest BCUT2D eigenvalue weighted by atomic mass is 31.3. The van der Waals surface area contributed by atoms with Crippen molar-refractivity contribution in [2.45, 2.75) is 31.4 Å². The number of phosphoric acid groups is 3. The predicted molar refractivity (Wildman–Crippen MR) is 98.0 cm³/mol. The van der Waals surface area contributed by atoms with Gasteiger partial charge in [0.2, 0.25) is 0 Å². The van der Waals surface area contributed by atoms with Crippen LogP contribution in [0.3, 0.4) is 0 Å². The van der Waals surface area contributed by atoms with Gasteiger partial charge in [0.15, 0.2) is 6.17 Å². The molecule has 1 aliphatic heterocycles. The van der Waals surface area contributed by atoms with E-state index in [1.54, 1.807) is 0 Å². The molecular weight excluding hydrogens is 509 g/mol. The number of pyridine rings is 1. The first-order valence-corrected chi connectivity index (χ1v) is 12.6. The van der Waals surface area contributed by atoms with Crippen LogP contribution in [-0.2, 0) is 31.6 Å². The summed E-state index contributed by atoms with van der Waals surface area (Å²) in [7, 11) is -17.0. The van der Waals surface area contributed by atoms with Crippen LogP contribution in [-0.4, -0.2) is 54.7 Å². The highest BCUT2D eigenvalue weighted by Crippen LogP contribution is 2.66. The van der Waals surface area contributed by atoms with Gasteiger partial charge in [0.05, 0.1) is 17.7 Å². The van der Waals surface area contributed by atoms with E-state index in [1.807, 2.05) is 5.92 Å². The summed E-state index contributed by atoms with van der Waals surface area (Å²) in [5, 5.41) is 9.98. The number of terminal acetylenes is 1. The Bertz CT molecular complexity index is 1130. The van der Waals surface area contributed by atoms with Crippen molar-refractivity contribution in [3.8, 4) is 12.3 Å². The lowest BCUT2D eigenvalue weighted by Crippen LogP contribution is -2.31. The molecule has 0 amide bonds. The topological polar surface area (TPSA) is 222 Å². The minimum absolute atomic E-state index is 0.457. The van der Waals surface area contributed by atoms with Crippen LogP contribution in [0.25, 0.3) is 0 Å². The molecule has 2 rings (SSSR count). The summed E-state index contributed by atoms with van der Waals surface area (Å²) in [6.07, 6.45) is -2.94. The minimum Gasteiger partial charge on any atom is -0.387 e. The summed E-state index contributed by atoms with van der Waals surface area (Å²) in [6.45, 7) is -0.111. The van der Waals surface area contributed by atoms with E-state index >= 15 is 0 Å². The van der Waals surface area contributed by atoms with Gasteiger partial charge in [-0.15, -0.1) is 6.42 Å². The lowest BCUT2D eigenvalue weighted by Gasteiger charge is -2.19. The number of aliphatic hydroxyl groups excluding tert-OH is 1. The lowest BCUT2D eigenvalue weighted by atomic mass is 9.99. The molecule has 2 heterocycles. The first-order chi connectivity index (χ1) is 14.5. The van der Waals surface area contributed by atoms with E-state index < -0.39 is 82.8 Å². The number of hydrogen-bond acceptors (Lipinski definition) is 9. The first kappa shape index (κ1) is 26.9.